The van der Waals surface area contributed by atoms with Crippen molar-refractivity contribution in [3.05, 3.63) is 48.0 Å². The highest BCUT2D eigenvalue weighted by Gasteiger charge is 2.09. The van der Waals surface area contributed by atoms with Gasteiger partial charge in [0.1, 0.15) is 5.52 Å². The van der Waals surface area contributed by atoms with Crippen LogP contribution in [0.4, 0.5) is 5.69 Å². The van der Waals surface area contributed by atoms with E-state index >= 15 is 0 Å². The summed E-state index contributed by atoms with van der Waals surface area (Å²) in [7, 11) is 0. The summed E-state index contributed by atoms with van der Waals surface area (Å²) >= 11 is 0. The average Bonchev–Trinajstić information content (AvgIpc) is 2.74. The van der Waals surface area contributed by atoms with Gasteiger partial charge < -0.3 is 10.2 Å². The van der Waals surface area contributed by atoms with E-state index in [4.69, 9.17) is 10.2 Å². The van der Waals surface area contributed by atoms with E-state index in [1.807, 2.05) is 49.4 Å². The molecule has 84 valence electrons. The Labute approximate surface area is 98.9 Å². The fourth-order valence-corrected chi connectivity index (χ4v) is 1.88. The van der Waals surface area contributed by atoms with Gasteiger partial charge in [0, 0.05) is 11.3 Å². The van der Waals surface area contributed by atoms with Crippen molar-refractivity contribution in [1.29, 1.82) is 0 Å². The van der Waals surface area contributed by atoms with Gasteiger partial charge in [-0.05, 0) is 36.8 Å². The van der Waals surface area contributed by atoms with Gasteiger partial charge >= 0.3 is 0 Å². The molecule has 0 saturated heterocycles. The highest BCUT2D eigenvalue weighted by molar-refractivity contribution is 5.79. The molecule has 0 unspecified atom stereocenters. The number of fused-ring (bicyclic) bond motifs is 1. The van der Waals surface area contributed by atoms with E-state index in [1.54, 1.807) is 0 Å². The number of nitrogens with two attached hydrogens (primary N) is 1. The highest BCUT2D eigenvalue weighted by Crippen LogP contribution is 2.26. The van der Waals surface area contributed by atoms with Crippen LogP contribution in [0.15, 0.2) is 46.9 Å². The molecule has 3 aromatic rings. The van der Waals surface area contributed by atoms with E-state index in [0.717, 1.165) is 22.2 Å². The van der Waals surface area contributed by atoms with Crippen LogP contribution in [0.2, 0.25) is 0 Å². The van der Waals surface area contributed by atoms with Gasteiger partial charge in [-0.3, -0.25) is 0 Å². The number of benzene rings is 2. The molecule has 0 spiro atoms. The van der Waals surface area contributed by atoms with Gasteiger partial charge in [0.15, 0.2) is 5.58 Å². The number of oxazole rings is 1. The van der Waals surface area contributed by atoms with Gasteiger partial charge in [-0.15, -0.1) is 0 Å². The molecular formula is C14H12N2O. The summed E-state index contributed by atoms with van der Waals surface area (Å²) in [6, 6.07) is 13.5. The summed E-state index contributed by atoms with van der Waals surface area (Å²) < 4.78 is 5.77. The third-order valence-electron chi connectivity index (χ3n) is 2.75. The molecule has 0 radical (unpaired) electrons. The van der Waals surface area contributed by atoms with E-state index in [0.29, 0.717) is 11.6 Å². The molecule has 0 bridgehead atoms. The molecule has 0 aliphatic heterocycles. The second kappa shape index (κ2) is 3.63. The lowest BCUT2D eigenvalue weighted by molar-refractivity contribution is 0.617. The summed E-state index contributed by atoms with van der Waals surface area (Å²) in [4.78, 5) is 4.46. The molecule has 3 heteroatoms. The van der Waals surface area contributed by atoms with Crippen molar-refractivity contribution in [3.63, 3.8) is 0 Å². The minimum absolute atomic E-state index is 0.613. The molecule has 0 saturated carbocycles. The number of para-hydroxylation sites is 1. The summed E-state index contributed by atoms with van der Waals surface area (Å²) in [6.45, 7) is 2.01. The zero-order valence-corrected chi connectivity index (χ0v) is 9.47. The molecule has 2 N–H and O–H groups in total. The van der Waals surface area contributed by atoms with E-state index in [-0.39, 0.29) is 0 Å². The van der Waals surface area contributed by atoms with Crippen molar-refractivity contribution in [3.8, 4) is 11.5 Å². The Hall–Kier alpha value is -2.29. The van der Waals surface area contributed by atoms with Crippen molar-refractivity contribution in [2.24, 2.45) is 0 Å². The summed E-state index contributed by atoms with van der Waals surface area (Å²) in [5.74, 6) is 0.613. The molecule has 0 fully saturated rings. The van der Waals surface area contributed by atoms with Crippen LogP contribution in [0.1, 0.15) is 5.56 Å². The minimum Gasteiger partial charge on any atom is -0.436 e. The van der Waals surface area contributed by atoms with Crippen molar-refractivity contribution in [2.45, 2.75) is 6.92 Å². The lowest BCUT2D eigenvalue weighted by Crippen LogP contribution is -1.84. The predicted octanol–water partition coefficient (Wildman–Crippen LogP) is 3.39. The normalized spacial score (nSPS) is 10.9. The molecule has 1 heterocycles. The van der Waals surface area contributed by atoms with Crippen LogP contribution in [0.25, 0.3) is 22.6 Å². The standard InChI is InChI=1S/C14H12N2O/c1-9-4-2-7-12-13(9)17-14(16-12)10-5-3-6-11(15)8-10/h2-8H,15H2,1H3. The first-order chi connectivity index (χ1) is 8.24. The maximum absolute atomic E-state index is 5.77. The lowest BCUT2D eigenvalue weighted by atomic mass is 10.2. The van der Waals surface area contributed by atoms with Crippen LogP contribution in [-0.4, -0.2) is 4.98 Å². The average molecular weight is 224 g/mol. The second-order valence-electron chi connectivity index (χ2n) is 4.07. The number of hydrogen-bond donors (Lipinski definition) is 1. The smallest absolute Gasteiger partial charge is 0.227 e. The zero-order valence-electron chi connectivity index (χ0n) is 9.47. The lowest BCUT2D eigenvalue weighted by Gasteiger charge is -1.96. The maximum Gasteiger partial charge on any atom is 0.227 e. The Morgan fingerprint density at radius 1 is 1.12 bits per heavy atom. The quantitative estimate of drug-likeness (QED) is 0.644. The number of rotatable bonds is 1. The largest absolute Gasteiger partial charge is 0.436 e. The van der Waals surface area contributed by atoms with Crippen molar-refractivity contribution in [2.75, 3.05) is 5.73 Å². The first-order valence-corrected chi connectivity index (χ1v) is 5.46. The Morgan fingerprint density at radius 2 is 1.94 bits per heavy atom. The molecule has 1 aromatic heterocycles. The van der Waals surface area contributed by atoms with Gasteiger partial charge in [-0.2, -0.15) is 0 Å². The number of aromatic nitrogens is 1. The number of anilines is 1. The molecule has 17 heavy (non-hydrogen) atoms. The van der Waals surface area contributed by atoms with E-state index < -0.39 is 0 Å². The fraction of sp³-hybridized carbons (Fsp3) is 0.0714. The first-order valence-electron chi connectivity index (χ1n) is 5.46. The van der Waals surface area contributed by atoms with Gasteiger partial charge in [-0.25, -0.2) is 4.98 Å². The molecule has 0 amide bonds. The molecule has 3 nitrogen and oxygen atoms in total. The number of hydrogen-bond acceptors (Lipinski definition) is 3. The second-order valence-corrected chi connectivity index (χ2v) is 4.07. The summed E-state index contributed by atoms with van der Waals surface area (Å²) in [6.07, 6.45) is 0. The van der Waals surface area contributed by atoms with Crippen molar-refractivity contribution >= 4 is 16.8 Å². The topological polar surface area (TPSA) is 52.0 Å². The van der Waals surface area contributed by atoms with E-state index in [2.05, 4.69) is 4.98 Å². The summed E-state index contributed by atoms with van der Waals surface area (Å²) in [5.41, 5.74) is 10.2. The van der Waals surface area contributed by atoms with Gasteiger partial charge in [0.05, 0.1) is 0 Å². The highest BCUT2D eigenvalue weighted by atomic mass is 16.3. The molecular weight excluding hydrogens is 212 g/mol. The zero-order chi connectivity index (χ0) is 11.8. The number of nitrogen functional groups attached to an aromatic ring is 1. The van der Waals surface area contributed by atoms with Gasteiger partial charge in [-0.1, -0.05) is 18.2 Å². The van der Waals surface area contributed by atoms with Gasteiger partial charge in [0.2, 0.25) is 5.89 Å². The Kier molecular flexibility index (Phi) is 2.11. The van der Waals surface area contributed by atoms with Gasteiger partial charge in [0.25, 0.3) is 0 Å². The third-order valence-corrected chi connectivity index (χ3v) is 2.75. The molecule has 2 aromatic carbocycles. The van der Waals surface area contributed by atoms with Crippen molar-refractivity contribution in [1.82, 2.24) is 4.98 Å². The predicted molar refractivity (Wildman–Crippen MR) is 68.6 cm³/mol. The molecule has 0 aliphatic carbocycles. The van der Waals surface area contributed by atoms with Crippen LogP contribution in [0.5, 0.6) is 0 Å². The fourth-order valence-electron chi connectivity index (χ4n) is 1.88. The van der Waals surface area contributed by atoms with Crippen LogP contribution >= 0.6 is 0 Å². The van der Waals surface area contributed by atoms with Crippen LogP contribution in [-0.2, 0) is 0 Å². The number of aryl methyl sites for hydroxylation is 1. The SMILES string of the molecule is Cc1cccc2nc(-c3cccc(N)c3)oc12. The van der Waals surface area contributed by atoms with Crippen LogP contribution < -0.4 is 5.73 Å². The monoisotopic (exact) mass is 224 g/mol. The van der Waals surface area contributed by atoms with Crippen molar-refractivity contribution < 1.29 is 4.42 Å². The van der Waals surface area contributed by atoms with Crippen LogP contribution in [0.3, 0.4) is 0 Å². The Bertz CT molecular complexity index is 686. The Morgan fingerprint density at radius 3 is 2.71 bits per heavy atom. The first kappa shape index (κ1) is 9.90. The number of nitrogens with zero attached hydrogens (tertiary/aromatic N) is 1. The molecule has 0 atom stereocenters. The maximum atomic E-state index is 5.77. The minimum atomic E-state index is 0.613. The van der Waals surface area contributed by atoms with Crippen LogP contribution in [0, 0.1) is 6.92 Å². The van der Waals surface area contributed by atoms with E-state index in [1.165, 1.54) is 0 Å². The molecule has 0 aliphatic rings. The summed E-state index contributed by atoms with van der Waals surface area (Å²) in [5, 5.41) is 0. The molecule has 3 rings (SSSR count). The third kappa shape index (κ3) is 1.65. The Balaban J connectivity index is 2.22. The van der Waals surface area contributed by atoms with E-state index in [9.17, 15) is 0 Å².